The Morgan fingerprint density at radius 1 is 0.938 bits per heavy atom. The lowest BCUT2D eigenvalue weighted by Gasteiger charge is -2.49. The van der Waals surface area contributed by atoms with Gasteiger partial charge in [-0.25, -0.2) is 4.79 Å². The maximum atomic E-state index is 14.6. The molecule has 6 rings (SSSR count). The average Bonchev–Trinajstić information content (AvgIpc) is 4.44. The smallest absolute Gasteiger partial charge is 0.341 e. The molecular formula is C58H94ClN5O17. The topological polar surface area (TPSA) is 279 Å². The fourth-order valence-electron chi connectivity index (χ4n) is 12.3. The van der Waals surface area contributed by atoms with Gasteiger partial charge in [0, 0.05) is 75.3 Å². The van der Waals surface area contributed by atoms with Crippen LogP contribution in [0.2, 0.25) is 5.02 Å². The third-order valence-corrected chi connectivity index (χ3v) is 17.5. The minimum atomic E-state index is -1.87. The average molecular weight is 1170 g/mol. The Balaban J connectivity index is 1.10. The molecule has 1 aromatic carbocycles. The molecule has 23 heteroatoms. The van der Waals surface area contributed by atoms with Crippen molar-refractivity contribution in [1.29, 1.82) is 0 Å². The van der Waals surface area contributed by atoms with Gasteiger partial charge in [0.1, 0.15) is 35.1 Å². The third kappa shape index (κ3) is 16.0. The van der Waals surface area contributed by atoms with Crippen LogP contribution >= 0.6 is 11.6 Å². The zero-order valence-corrected chi connectivity index (χ0v) is 50.8. The number of nitrogens with zero attached hydrogens (tertiary/aromatic N) is 3. The molecule has 7 N–H and O–H groups in total. The Hall–Kier alpha value is -3.59. The van der Waals surface area contributed by atoms with Crippen molar-refractivity contribution in [3.05, 3.63) is 39.1 Å². The number of cyclic esters (lactones) is 1. The first-order valence-electron chi connectivity index (χ1n) is 28.8. The molecule has 1 aliphatic carbocycles. The van der Waals surface area contributed by atoms with Gasteiger partial charge in [-0.05, 0) is 120 Å². The summed E-state index contributed by atoms with van der Waals surface area (Å²) < 4.78 is 52.4. The number of ether oxygens (including phenoxy) is 8. The number of nitrogens with one attached hydrogen (secondary N) is 2. The molecule has 0 bridgehead atoms. The summed E-state index contributed by atoms with van der Waals surface area (Å²) in [5, 5.41) is 64.8. The molecule has 3 aliphatic heterocycles. The van der Waals surface area contributed by atoms with Crippen molar-refractivity contribution in [1.82, 2.24) is 19.7 Å². The Kier molecular flexibility index (Phi) is 23.1. The van der Waals surface area contributed by atoms with E-state index >= 15 is 0 Å². The maximum absolute atomic E-state index is 14.6. The molecule has 4 aliphatic rings. The lowest BCUT2D eigenvalue weighted by Crippen LogP contribution is -2.61. The molecule has 2 unspecified atom stereocenters. The maximum Gasteiger partial charge on any atom is 0.341 e. The van der Waals surface area contributed by atoms with E-state index < -0.39 is 113 Å². The number of pyridine rings is 1. The van der Waals surface area contributed by atoms with Crippen molar-refractivity contribution in [2.75, 3.05) is 73.0 Å². The molecule has 2 aromatic rings. The van der Waals surface area contributed by atoms with E-state index in [-0.39, 0.29) is 73.9 Å². The highest BCUT2D eigenvalue weighted by molar-refractivity contribution is 6.34. The second kappa shape index (κ2) is 28.1. The van der Waals surface area contributed by atoms with Gasteiger partial charge in [0.15, 0.2) is 18.7 Å². The highest BCUT2D eigenvalue weighted by Gasteiger charge is 2.54. The number of aromatic nitrogens is 1. The van der Waals surface area contributed by atoms with Crippen molar-refractivity contribution < 1.29 is 77.8 Å². The fraction of sp³-hybridized carbons (Fsp3) is 0.793. The molecule has 4 fully saturated rings. The van der Waals surface area contributed by atoms with Crippen LogP contribution in [0.1, 0.15) is 131 Å². The summed E-state index contributed by atoms with van der Waals surface area (Å²) in [5.74, 6) is -4.67. The quantitative estimate of drug-likeness (QED) is 0.0707. The summed E-state index contributed by atoms with van der Waals surface area (Å²) in [5.41, 5.74) is -4.45. The highest BCUT2D eigenvalue weighted by atomic mass is 35.5. The lowest BCUT2D eigenvalue weighted by molar-refractivity contribution is -0.318. The molecule has 0 spiro atoms. The van der Waals surface area contributed by atoms with Gasteiger partial charge >= 0.3 is 17.9 Å². The molecule has 460 valence electrons. The minimum Gasteiger partial charge on any atom is -0.477 e. The molecule has 81 heavy (non-hydrogen) atoms. The van der Waals surface area contributed by atoms with Gasteiger partial charge in [0.2, 0.25) is 5.43 Å². The Bertz CT molecular complexity index is 2500. The number of benzene rings is 1. The number of fused-ring (bicyclic) bond motifs is 1. The first-order valence-corrected chi connectivity index (χ1v) is 29.2. The predicted molar refractivity (Wildman–Crippen MR) is 303 cm³/mol. The molecule has 0 amide bonds. The number of carboxylic acid groups (broad SMARTS) is 1. The van der Waals surface area contributed by atoms with Crippen LogP contribution in [0.5, 0.6) is 0 Å². The Morgan fingerprint density at radius 3 is 2.25 bits per heavy atom. The summed E-state index contributed by atoms with van der Waals surface area (Å²) >= 11 is 6.60. The predicted octanol–water partition coefficient (Wildman–Crippen LogP) is 4.56. The summed E-state index contributed by atoms with van der Waals surface area (Å²) in [4.78, 5) is 56.8. The number of carboxylic acids is 1. The zero-order chi connectivity index (χ0) is 60.1. The monoisotopic (exact) mass is 1170 g/mol. The van der Waals surface area contributed by atoms with Gasteiger partial charge in [0.25, 0.3) is 0 Å². The number of aromatic carboxylic acids is 1. The number of likely N-dealkylation sites (N-methyl/N-ethyl adjacent to an activating group) is 2. The second-order valence-corrected chi connectivity index (χ2v) is 24.7. The van der Waals surface area contributed by atoms with Gasteiger partial charge in [-0.3, -0.25) is 14.4 Å². The minimum absolute atomic E-state index is 0.0154. The molecule has 1 saturated carbocycles. The van der Waals surface area contributed by atoms with Crippen LogP contribution in [0.25, 0.3) is 10.9 Å². The molecule has 1 aromatic heterocycles. The van der Waals surface area contributed by atoms with Gasteiger partial charge in [0.05, 0.1) is 71.8 Å². The van der Waals surface area contributed by atoms with E-state index in [9.17, 15) is 44.7 Å². The van der Waals surface area contributed by atoms with Crippen LogP contribution in [0.3, 0.4) is 0 Å². The number of carbonyl (C=O) groups excluding carboxylic acids is 2. The second-order valence-electron chi connectivity index (χ2n) is 24.3. The van der Waals surface area contributed by atoms with Gasteiger partial charge in [-0.15, -0.1) is 0 Å². The lowest BCUT2D eigenvalue weighted by atomic mass is 9.77. The summed E-state index contributed by atoms with van der Waals surface area (Å²) in [6.07, 6.45) is -5.92. The summed E-state index contributed by atoms with van der Waals surface area (Å²) in [6.45, 7) is 19.6. The number of methoxy groups -OCH3 is 1. The SMILES string of the molecule is CC[C@H]1OC(=O)[C@H](C)[C@@H](OC2C[C@@](C)(OC)[C@H](OC(=O)CCNCCOCCNc3cc4c(=O)c(C(=O)O)cn(C5CC5)c4cc3Cl)[C@@H](C)O2)[C@H](C)[C@@H](OC2O[C@H](C)C[C@H](N(C)C)[C@H]2O)[C@](C)(O)C[C@@H](C)CN(C)[C@H](C)[C@@H](O)[C@]1(C)O. The highest BCUT2D eigenvalue weighted by Crippen LogP contribution is 2.42. The van der Waals surface area contributed by atoms with E-state index in [1.165, 1.54) is 20.2 Å². The van der Waals surface area contributed by atoms with Crippen molar-refractivity contribution in [3.8, 4) is 0 Å². The van der Waals surface area contributed by atoms with Crippen LogP contribution in [-0.2, 0) is 47.5 Å². The van der Waals surface area contributed by atoms with E-state index in [0.717, 1.165) is 12.8 Å². The molecule has 4 heterocycles. The molecule has 22 nitrogen and oxygen atoms in total. The Morgan fingerprint density at radius 2 is 1.62 bits per heavy atom. The van der Waals surface area contributed by atoms with E-state index in [1.54, 1.807) is 60.6 Å². The molecular weight excluding hydrogens is 1070 g/mol. The molecule has 18 atom stereocenters. The van der Waals surface area contributed by atoms with Crippen molar-refractivity contribution in [3.63, 3.8) is 0 Å². The van der Waals surface area contributed by atoms with Crippen molar-refractivity contribution in [2.45, 2.75) is 211 Å². The van der Waals surface area contributed by atoms with Crippen LogP contribution < -0.4 is 16.1 Å². The number of esters is 2. The van der Waals surface area contributed by atoms with Gasteiger partial charge in [-0.2, -0.15) is 0 Å². The summed E-state index contributed by atoms with van der Waals surface area (Å²) in [6, 6.07) is 2.48. The van der Waals surface area contributed by atoms with Crippen LogP contribution in [-0.4, -0.2) is 216 Å². The van der Waals surface area contributed by atoms with Gasteiger partial charge in [-0.1, -0.05) is 32.4 Å². The standard InChI is InChI=1S/C58H94ClN5O17/c1-15-44-58(10,73)50(68)35(6)63(13)29-31(2)27-56(8,72)51(81-55-48(67)43(62(11)12)24-32(3)76-55)33(4)49(34(5)54(71)78-44)80-46-28-57(9,74-14)52(36(7)77-46)79-45(65)18-19-60-20-22-75-23-21-61-41-25-38-42(26-40(41)59)64(37-16-17-37)30-39(47(38)66)53(69)70/h25-26,30-37,43-44,46,48-52,55,60-61,67-68,72-73H,15-24,27-29H2,1-14H3,(H,69,70)/t31-,32-,33+,34-,35-,36-,43+,44-,46?,48-,49+,50-,51-,52-,55?,56-,57-,58-/m1/s1. The van der Waals surface area contributed by atoms with Crippen LogP contribution in [0.4, 0.5) is 5.69 Å². The number of hydrogen-bond acceptors (Lipinski definition) is 20. The third-order valence-electron chi connectivity index (χ3n) is 17.2. The van der Waals surface area contributed by atoms with Gasteiger partial charge < -0.3 is 88.4 Å². The molecule has 0 radical (unpaired) electrons. The van der Waals surface area contributed by atoms with Crippen LogP contribution in [0, 0.1) is 17.8 Å². The first-order chi connectivity index (χ1) is 38.0. The number of carbonyl (C=O) groups is 3. The zero-order valence-electron chi connectivity index (χ0n) is 50.0. The number of hydrogen-bond donors (Lipinski definition) is 7. The number of halogens is 1. The van der Waals surface area contributed by atoms with Crippen molar-refractivity contribution >= 4 is 46.1 Å². The number of aliphatic hydroxyl groups is 4. The molecule has 3 saturated heterocycles. The van der Waals surface area contributed by atoms with Crippen LogP contribution in [0.15, 0.2) is 23.1 Å². The van der Waals surface area contributed by atoms with E-state index in [2.05, 4.69) is 10.6 Å². The fourth-order valence-corrected chi connectivity index (χ4v) is 12.5. The van der Waals surface area contributed by atoms with E-state index in [4.69, 9.17) is 49.5 Å². The first kappa shape index (κ1) is 66.5. The number of aliphatic hydroxyl groups excluding tert-OH is 2. The summed E-state index contributed by atoms with van der Waals surface area (Å²) in [7, 11) is 7.07. The Labute approximate surface area is 482 Å². The number of anilines is 1. The normalized spacial score (nSPS) is 36.9. The largest absolute Gasteiger partial charge is 0.477 e. The van der Waals surface area contributed by atoms with E-state index in [0.29, 0.717) is 48.9 Å². The number of rotatable bonds is 20. The van der Waals surface area contributed by atoms with E-state index in [1.807, 2.05) is 49.4 Å². The van der Waals surface area contributed by atoms with Crippen molar-refractivity contribution in [2.24, 2.45) is 17.8 Å².